The van der Waals surface area contributed by atoms with Crippen LogP contribution in [-0.2, 0) is 9.47 Å². The predicted molar refractivity (Wildman–Crippen MR) is 112 cm³/mol. The Hall–Kier alpha value is -2.55. The molecule has 1 saturated heterocycles. The second kappa shape index (κ2) is 8.44. The first-order valence-corrected chi connectivity index (χ1v) is 10.3. The number of piperidine rings is 1. The SMILES string of the molecule is COC(=O)c1ccc(N2CCC(NC(=O)OC(C)(C)C)CC2)c2sc(OC)nc12. The monoisotopic (exact) mass is 421 g/mol. The Kier molecular flexibility index (Phi) is 6.16. The number of esters is 1. The number of alkyl carbamates (subject to hydrolysis) is 1. The van der Waals surface area contributed by atoms with Crippen molar-refractivity contribution >= 4 is 39.3 Å². The van der Waals surface area contributed by atoms with Crippen LogP contribution in [0.2, 0.25) is 0 Å². The molecular formula is C20H27N3O5S. The van der Waals surface area contributed by atoms with Gasteiger partial charge in [-0.25, -0.2) is 14.6 Å². The molecule has 0 aliphatic carbocycles. The molecule has 1 aromatic carbocycles. The fraction of sp³-hybridized carbons (Fsp3) is 0.550. The summed E-state index contributed by atoms with van der Waals surface area (Å²) in [6.07, 6.45) is 1.22. The highest BCUT2D eigenvalue weighted by atomic mass is 32.1. The standard InChI is InChI=1S/C20H27N3O5S/c1-20(2,3)28-18(25)21-12-8-10-23(11-9-12)14-7-6-13(17(24)26-4)15-16(14)29-19(22-15)27-5/h6-7,12H,8-11H2,1-5H3,(H,21,25). The largest absolute Gasteiger partial charge is 0.473 e. The van der Waals surface area contributed by atoms with Gasteiger partial charge in [-0.15, -0.1) is 0 Å². The fourth-order valence-electron chi connectivity index (χ4n) is 3.32. The summed E-state index contributed by atoms with van der Waals surface area (Å²) in [5, 5.41) is 3.45. The minimum absolute atomic E-state index is 0.0712. The lowest BCUT2D eigenvalue weighted by Crippen LogP contribution is -2.46. The number of benzene rings is 1. The van der Waals surface area contributed by atoms with Crippen LogP contribution in [0.1, 0.15) is 44.0 Å². The van der Waals surface area contributed by atoms with Crippen LogP contribution in [0.25, 0.3) is 10.2 Å². The average Bonchev–Trinajstić information content (AvgIpc) is 3.10. The lowest BCUT2D eigenvalue weighted by atomic mass is 10.0. The smallest absolute Gasteiger partial charge is 0.407 e. The molecule has 1 amide bonds. The molecule has 9 heteroatoms. The molecule has 1 fully saturated rings. The van der Waals surface area contributed by atoms with Crippen LogP contribution >= 0.6 is 11.3 Å². The molecule has 0 spiro atoms. The van der Waals surface area contributed by atoms with Gasteiger partial charge in [0.2, 0.25) is 0 Å². The van der Waals surface area contributed by atoms with Crippen molar-refractivity contribution in [1.82, 2.24) is 10.3 Å². The molecule has 2 heterocycles. The summed E-state index contributed by atoms with van der Waals surface area (Å²) < 4.78 is 16.4. The van der Waals surface area contributed by atoms with Crippen LogP contribution in [0.15, 0.2) is 12.1 Å². The van der Waals surface area contributed by atoms with Gasteiger partial charge in [-0.2, -0.15) is 0 Å². The quantitative estimate of drug-likeness (QED) is 0.755. The zero-order valence-electron chi connectivity index (χ0n) is 17.4. The first-order chi connectivity index (χ1) is 13.7. The molecule has 1 N–H and O–H groups in total. The highest BCUT2D eigenvalue weighted by Gasteiger charge is 2.26. The van der Waals surface area contributed by atoms with Crippen molar-refractivity contribution in [3.8, 4) is 5.19 Å². The maximum Gasteiger partial charge on any atom is 0.407 e. The number of anilines is 1. The van der Waals surface area contributed by atoms with Crippen LogP contribution in [0, 0.1) is 0 Å². The molecule has 0 unspecified atom stereocenters. The van der Waals surface area contributed by atoms with Gasteiger partial charge in [-0.05, 0) is 45.7 Å². The number of nitrogens with zero attached hydrogens (tertiary/aromatic N) is 2. The van der Waals surface area contributed by atoms with Crippen molar-refractivity contribution in [1.29, 1.82) is 0 Å². The normalized spacial score (nSPS) is 15.3. The summed E-state index contributed by atoms with van der Waals surface area (Å²) in [5.41, 5.74) is 1.50. The van der Waals surface area contributed by atoms with Crippen LogP contribution in [0.3, 0.4) is 0 Å². The van der Waals surface area contributed by atoms with Gasteiger partial charge in [-0.3, -0.25) is 0 Å². The number of methoxy groups -OCH3 is 2. The Labute approximate surface area is 174 Å². The molecule has 1 aliphatic heterocycles. The molecule has 158 valence electrons. The summed E-state index contributed by atoms with van der Waals surface area (Å²) in [5.74, 6) is -0.422. The number of hydrogen-bond donors (Lipinski definition) is 1. The zero-order valence-corrected chi connectivity index (χ0v) is 18.2. The Morgan fingerprint density at radius 3 is 2.48 bits per heavy atom. The van der Waals surface area contributed by atoms with E-state index in [0.717, 1.165) is 36.3 Å². The van der Waals surface area contributed by atoms with Gasteiger partial charge in [-0.1, -0.05) is 11.3 Å². The molecular weight excluding hydrogens is 394 g/mol. The molecule has 3 rings (SSSR count). The van der Waals surface area contributed by atoms with E-state index in [0.29, 0.717) is 16.3 Å². The average molecular weight is 422 g/mol. The van der Waals surface area contributed by atoms with Gasteiger partial charge < -0.3 is 24.4 Å². The summed E-state index contributed by atoms with van der Waals surface area (Å²) >= 11 is 1.40. The van der Waals surface area contributed by atoms with E-state index >= 15 is 0 Å². The Morgan fingerprint density at radius 2 is 1.90 bits per heavy atom. The second-order valence-corrected chi connectivity index (χ2v) is 8.85. The van der Waals surface area contributed by atoms with E-state index in [1.165, 1.54) is 18.4 Å². The van der Waals surface area contributed by atoms with Crippen LogP contribution < -0.4 is 15.0 Å². The summed E-state index contributed by atoms with van der Waals surface area (Å²) in [4.78, 5) is 30.8. The molecule has 8 nitrogen and oxygen atoms in total. The number of carbonyl (C=O) groups excluding carboxylic acids is 2. The number of amides is 1. The summed E-state index contributed by atoms with van der Waals surface area (Å²) in [6, 6.07) is 3.74. The van der Waals surface area contributed by atoms with E-state index in [1.54, 1.807) is 13.2 Å². The highest BCUT2D eigenvalue weighted by Crippen LogP contribution is 2.38. The minimum Gasteiger partial charge on any atom is -0.473 e. The maximum atomic E-state index is 12.1. The van der Waals surface area contributed by atoms with Crippen molar-refractivity contribution in [2.24, 2.45) is 0 Å². The number of ether oxygens (including phenoxy) is 3. The minimum atomic E-state index is -0.511. The van der Waals surface area contributed by atoms with Crippen LogP contribution in [-0.4, -0.2) is 56.0 Å². The third-order valence-electron chi connectivity index (χ3n) is 4.64. The van der Waals surface area contributed by atoms with Crippen LogP contribution in [0.5, 0.6) is 5.19 Å². The molecule has 0 atom stereocenters. The number of carbonyl (C=O) groups is 2. The van der Waals surface area contributed by atoms with Crippen molar-refractivity contribution in [2.75, 3.05) is 32.2 Å². The maximum absolute atomic E-state index is 12.1. The number of nitrogens with one attached hydrogen (secondary N) is 1. The molecule has 29 heavy (non-hydrogen) atoms. The highest BCUT2D eigenvalue weighted by molar-refractivity contribution is 7.20. The van der Waals surface area contributed by atoms with Gasteiger partial charge >= 0.3 is 12.1 Å². The van der Waals surface area contributed by atoms with Gasteiger partial charge in [0, 0.05) is 19.1 Å². The van der Waals surface area contributed by atoms with Gasteiger partial charge in [0.1, 0.15) is 11.1 Å². The third-order valence-corrected chi connectivity index (χ3v) is 5.68. The van der Waals surface area contributed by atoms with E-state index in [2.05, 4.69) is 15.2 Å². The van der Waals surface area contributed by atoms with Crippen molar-refractivity contribution < 1.29 is 23.8 Å². The van der Waals surface area contributed by atoms with Gasteiger partial charge in [0.15, 0.2) is 0 Å². The third kappa shape index (κ3) is 4.90. The Morgan fingerprint density at radius 1 is 1.21 bits per heavy atom. The van der Waals surface area contributed by atoms with E-state index < -0.39 is 11.6 Å². The van der Waals surface area contributed by atoms with Crippen molar-refractivity contribution in [3.05, 3.63) is 17.7 Å². The summed E-state index contributed by atoms with van der Waals surface area (Å²) in [6.45, 7) is 7.09. The summed E-state index contributed by atoms with van der Waals surface area (Å²) in [7, 11) is 2.91. The molecule has 0 radical (unpaired) electrons. The van der Waals surface area contributed by atoms with E-state index in [9.17, 15) is 9.59 Å². The predicted octanol–water partition coefficient (Wildman–Crippen LogP) is 3.59. The lowest BCUT2D eigenvalue weighted by Gasteiger charge is -2.34. The topological polar surface area (TPSA) is 90.0 Å². The number of fused-ring (bicyclic) bond motifs is 1. The first kappa shape index (κ1) is 21.2. The second-order valence-electron chi connectivity index (χ2n) is 7.89. The molecule has 0 bridgehead atoms. The number of aromatic nitrogens is 1. The lowest BCUT2D eigenvalue weighted by molar-refractivity contribution is 0.0496. The molecule has 2 aromatic rings. The van der Waals surface area contributed by atoms with E-state index in [4.69, 9.17) is 14.2 Å². The van der Waals surface area contributed by atoms with Crippen LogP contribution in [0.4, 0.5) is 10.5 Å². The van der Waals surface area contributed by atoms with E-state index in [1.807, 2.05) is 26.8 Å². The first-order valence-electron chi connectivity index (χ1n) is 9.52. The van der Waals surface area contributed by atoms with Gasteiger partial charge in [0.05, 0.1) is 30.2 Å². The number of rotatable bonds is 4. The Balaban J connectivity index is 1.75. The number of hydrogen-bond acceptors (Lipinski definition) is 8. The van der Waals surface area contributed by atoms with Gasteiger partial charge in [0.25, 0.3) is 5.19 Å². The van der Waals surface area contributed by atoms with Crippen molar-refractivity contribution in [3.63, 3.8) is 0 Å². The fourth-order valence-corrected chi connectivity index (χ4v) is 4.27. The Bertz CT molecular complexity index is 897. The molecule has 0 saturated carbocycles. The van der Waals surface area contributed by atoms with Crippen molar-refractivity contribution in [2.45, 2.75) is 45.3 Å². The zero-order chi connectivity index (χ0) is 21.2. The molecule has 1 aliphatic rings. The van der Waals surface area contributed by atoms with E-state index in [-0.39, 0.29) is 12.1 Å². The molecule has 1 aromatic heterocycles. The number of thiazole rings is 1.